The minimum absolute atomic E-state index is 0.0474. The van der Waals surface area contributed by atoms with Gasteiger partial charge in [0.1, 0.15) is 16.7 Å². The first-order valence-corrected chi connectivity index (χ1v) is 6.24. The Hall–Kier alpha value is -1.89. The van der Waals surface area contributed by atoms with Crippen molar-refractivity contribution in [2.75, 3.05) is 0 Å². The van der Waals surface area contributed by atoms with E-state index in [2.05, 4.69) is 4.40 Å². The first-order valence-electron chi connectivity index (χ1n) is 5.46. The molecule has 0 aliphatic heterocycles. The summed E-state index contributed by atoms with van der Waals surface area (Å²) in [5, 5.41) is 10.8. The first kappa shape index (κ1) is 15.2. The lowest BCUT2D eigenvalue weighted by Crippen LogP contribution is -2.24. The van der Waals surface area contributed by atoms with Crippen molar-refractivity contribution in [3.63, 3.8) is 0 Å². The Morgan fingerprint density at radius 1 is 1.42 bits per heavy atom. The van der Waals surface area contributed by atoms with Crippen molar-refractivity contribution in [2.45, 2.75) is 31.3 Å². The normalized spacial score (nSPS) is 11.5. The maximum absolute atomic E-state index is 11.3. The Kier molecular flexibility index (Phi) is 5.05. The molecule has 0 aromatic heterocycles. The molecule has 7 heteroatoms. The molecule has 0 unspecified atom stereocenters. The van der Waals surface area contributed by atoms with E-state index in [1.54, 1.807) is 39.0 Å². The van der Waals surface area contributed by atoms with Crippen LogP contribution in [-0.4, -0.2) is 22.7 Å². The molecule has 0 N–H and O–H groups in total. The second-order valence-corrected chi connectivity index (χ2v) is 5.42. The number of carbonyl (C=O) groups excluding carboxylic acids is 1. The van der Waals surface area contributed by atoms with E-state index in [1.807, 2.05) is 0 Å². The zero-order valence-electron chi connectivity index (χ0n) is 10.8. The van der Waals surface area contributed by atoms with Gasteiger partial charge in [0.15, 0.2) is 0 Å². The fraction of sp³-hybridized carbons (Fsp3) is 0.333. The average Bonchev–Trinajstić information content (AvgIpc) is 2.27. The van der Waals surface area contributed by atoms with Crippen LogP contribution in [0.2, 0.25) is 0 Å². The van der Waals surface area contributed by atoms with Gasteiger partial charge in [-0.1, -0.05) is 12.1 Å². The fourth-order valence-electron chi connectivity index (χ4n) is 1.14. The summed E-state index contributed by atoms with van der Waals surface area (Å²) in [6.07, 6.45) is 1.01. The number of nitro groups is 1. The molecule has 0 radical (unpaired) electrons. The predicted octanol–water partition coefficient (Wildman–Crippen LogP) is 3.01. The molecule has 1 aromatic carbocycles. The molecular weight excluding hydrogens is 268 g/mol. The molecule has 0 saturated carbocycles. The smallest absolute Gasteiger partial charge is 0.350 e. The Balaban J connectivity index is 2.67. The SMILES string of the molecule is CC(C)(C)OC(=O)/C=N/Sc1ccccc1[N+](=O)[O-]. The van der Waals surface area contributed by atoms with Crippen LogP contribution in [0.15, 0.2) is 33.6 Å². The van der Waals surface area contributed by atoms with Crippen molar-refractivity contribution < 1.29 is 14.5 Å². The highest BCUT2D eigenvalue weighted by Gasteiger charge is 2.15. The van der Waals surface area contributed by atoms with Crippen LogP contribution in [0, 0.1) is 10.1 Å². The number of rotatable bonds is 4. The number of ether oxygens (including phenoxy) is 1. The minimum Gasteiger partial charge on any atom is -0.456 e. The van der Waals surface area contributed by atoms with Crippen LogP contribution in [0.4, 0.5) is 5.69 Å². The number of benzene rings is 1. The zero-order valence-corrected chi connectivity index (χ0v) is 11.6. The van der Waals surface area contributed by atoms with Crippen molar-refractivity contribution in [2.24, 2.45) is 4.40 Å². The predicted molar refractivity (Wildman–Crippen MR) is 73.3 cm³/mol. The Morgan fingerprint density at radius 3 is 2.63 bits per heavy atom. The minimum atomic E-state index is -0.591. The van der Waals surface area contributed by atoms with E-state index in [9.17, 15) is 14.9 Å². The van der Waals surface area contributed by atoms with Gasteiger partial charge in [0.05, 0.1) is 4.92 Å². The molecule has 102 valence electrons. The quantitative estimate of drug-likeness (QED) is 0.279. The van der Waals surface area contributed by atoms with E-state index in [0.29, 0.717) is 4.90 Å². The number of esters is 1. The summed E-state index contributed by atoms with van der Waals surface area (Å²) in [6, 6.07) is 6.18. The lowest BCUT2D eigenvalue weighted by Gasteiger charge is -2.17. The molecule has 0 bridgehead atoms. The van der Waals surface area contributed by atoms with Crippen molar-refractivity contribution in [3.05, 3.63) is 34.4 Å². The summed E-state index contributed by atoms with van der Waals surface area (Å²) in [4.78, 5) is 22.0. The lowest BCUT2D eigenvalue weighted by molar-refractivity contribution is -0.387. The van der Waals surface area contributed by atoms with Gasteiger partial charge in [-0.05, 0) is 26.8 Å². The molecule has 0 aliphatic carbocycles. The van der Waals surface area contributed by atoms with Crippen LogP contribution in [0.5, 0.6) is 0 Å². The molecule has 0 aliphatic rings. The van der Waals surface area contributed by atoms with E-state index in [-0.39, 0.29) is 5.69 Å². The Bertz CT molecular complexity index is 509. The van der Waals surface area contributed by atoms with Crippen molar-refractivity contribution >= 4 is 29.8 Å². The van der Waals surface area contributed by atoms with Crippen LogP contribution in [0.1, 0.15) is 20.8 Å². The fourth-order valence-corrected chi connectivity index (χ4v) is 1.77. The van der Waals surface area contributed by atoms with Gasteiger partial charge >= 0.3 is 5.97 Å². The molecule has 1 aromatic rings. The average molecular weight is 282 g/mol. The standard InChI is InChI=1S/C12H14N2O4S/c1-12(2,3)18-11(15)8-13-19-10-7-5-4-6-9(10)14(16)17/h4-8H,1-3H3/b13-8+. The van der Waals surface area contributed by atoms with Gasteiger partial charge in [0.2, 0.25) is 0 Å². The third-order valence-electron chi connectivity index (χ3n) is 1.78. The molecule has 0 fully saturated rings. The summed E-state index contributed by atoms with van der Waals surface area (Å²) < 4.78 is 8.80. The van der Waals surface area contributed by atoms with Gasteiger partial charge in [0, 0.05) is 18.0 Å². The monoisotopic (exact) mass is 282 g/mol. The van der Waals surface area contributed by atoms with Gasteiger partial charge in [-0.15, -0.1) is 0 Å². The largest absolute Gasteiger partial charge is 0.456 e. The molecule has 0 heterocycles. The van der Waals surface area contributed by atoms with E-state index < -0.39 is 16.5 Å². The first-order chi connectivity index (χ1) is 8.79. The van der Waals surface area contributed by atoms with Crippen LogP contribution in [0.3, 0.4) is 0 Å². The molecular formula is C12H14N2O4S. The van der Waals surface area contributed by atoms with Crippen LogP contribution >= 0.6 is 11.9 Å². The highest BCUT2D eigenvalue weighted by molar-refractivity contribution is 7.98. The van der Waals surface area contributed by atoms with Crippen LogP contribution in [-0.2, 0) is 9.53 Å². The zero-order chi connectivity index (χ0) is 14.5. The number of hydrogen-bond donors (Lipinski definition) is 0. The van der Waals surface area contributed by atoms with Crippen molar-refractivity contribution in [3.8, 4) is 0 Å². The molecule has 1 rings (SSSR count). The molecule has 0 amide bonds. The maximum Gasteiger partial charge on any atom is 0.350 e. The van der Waals surface area contributed by atoms with Gasteiger partial charge < -0.3 is 4.74 Å². The summed E-state index contributed by atoms with van der Waals surface area (Å²) in [5.41, 5.74) is -0.638. The number of hydrogen-bond acceptors (Lipinski definition) is 6. The molecule has 6 nitrogen and oxygen atoms in total. The Morgan fingerprint density at radius 2 is 2.05 bits per heavy atom. The maximum atomic E-state index is 11.3. The Labute approximate surface area is 115 Å². The molecule has 0 atom stereocenters. The second-order valence-electron chi connectivity index (χ2n) is 4.58. The van der Waals surface area contributed by atoms with E-state index in [4.69, 9.17) is 4.74 Å². The topological polar surface area (TPSA) is 81.8 Å². The number of para-hydroxylation sites is 1. The highest BCUT2D eigenvalue weighted by Crippen LogP contribution is 2.28. The van der Waals surface area contributed by atoms with Crippen LogP contribution in [0.25, 0.3) is 0 Å². The number of nitro benzene ring substituents is 1. The number of carbonyl (C=O) groups is 1. The second kappa shape index (κ2) is 6.33. The van der Waals surface area contributed by atoms with Crippen molar-refractivity contribution in [1.29, 1.82) is 0 Å². The highest BCUT2D eigenvalue weighted by atomic mass is 32.2. The molecule has 19 heavy (non-hydrogen) atoms. The van der Waals surface area contributed by atoms with Gasteiger partial charge in [-0.2, -0.15) is 0 Å². The molecule has 0 saturated heterocycles. The van der Waals surface area contributed by atoms with Crippen molar-refractivity contribution in [1.82, 2.24) is 0 Å². The third-order valence-corrected chi connectivity index (χ3v) is 2.53. The van der Waals surface area contributed by atoms with Crippen LogP contribution < -0.4 is 0 Å². The van der Waals surface area contributed by atoms with Gasteiger partial charge in [-0.25, -0.2) is 9.19 Å². The van der Waals surface area contributed by atoms with Gasteiger partial charge in [-0.3, -0.25) is 10.1 Å². The third kappa shape index (κ3) is 5.52. The van der Waals surface area contributed by atoms with E-state index in [1.165, 1.54) is 6.07 Å². The number of nitrogens with zero attached hydrogens (tertiary/aromatic N) is 2. The van der Waals surface area contributed by atoms with Gasteiger partial charge in [0.25, 0.3) is 5.69 Å². The lowest BCUT2D eigenvalue weighted by atomic mass is 10.2. The summed E-state index contributed by atoms with van der Waals surface area (Å²) in [5.74, 6) is -0.585. The summed E-state index contributed by atoms with van der Waals surface area (Å²) in [6.45, 7) is 5.23. The van der Waals surface area contributed by atoms with E-state index in [0.717, 1.165) is 18.2 Å². The summed E-state index contributed by atoms with van der Waals surface area (Å²) in [7, 11) is 0. The molecule has 0 spiro atoms. The summed E-state index contributed by atoms with van der Waals surface area (Å²) >= 11 is 0.857. The van der Waals surface area contributed by atoms with E-state index >= 15 is 0 Å².